The van der Waals surface area contributed by atoms with Crippen LogP contribution in [0.2, 0.25) is 5.02 Å². The smallest absolute Gasteiger partial charge is 0.748 e. The van der Waals surface area contributed by atoms with Crippen molar-refractivity contribution in [3.8, 4) is 0 Å². The predicted octanol–water partition coefficient (Wildman–Crippen LogP) is -1.70. The maximum Gasteiger partial charge on any atom is 1.00 e. The molecule has 16 heavy (non-hydrogen) atoms. The van der Waals surface area contributed by atoms with Crippen molar-refractivity contribution < 1.29 is 47.5 Å². The summed E-state index contributed by atoms with van der Waals surface area (Å²) in [6.07, 6.45) is 0. The third kappa shape index (κ3) is 4.77. The molecule has 0 N–H and O–H groups in total. The Morgan fingerprint density at radius 2 is 1.94 bits per heavy atom. The summed E-state index contributed by atoms with van der Waals surface area (Å²) in [6, 6.07) is 3.28. The van der Waals surface area contributed by atoms with Crippen molar-refractivity contribution in [1.29, 1.82) is 0 Å². The summed E-state index contributed by atoms with van der Waals surface area (Å²) >= 11 is 5.58. The monoisotopic (exact) mass is 273 g/mol. The maximum atomic E-state index is 10.4. The van der Waals surface area contributed by atoms with Crippen LogP contribution in [-0.2, 0) is 15.9 Å². The Kier molecular flexibility index (Phi) is 5.88. The molecule has 0 atom stereocenters. The van der Waals surface area contributed by atoms with E-state index in [1.807, 2.05) is 0 Å². The van der Waals surface area contributed by atoms with Gasteiger partial charge >= 0.3 is 29.6 Å². The van der Waals surface area contributed by atoms with Gasteiger partial charge in [-0.15, -0.1) is 0 Å². The molecule has 0 amide bonds. The number of hydrogen-bond donors (Lipinski definition) is 0. The molecule has 6 nitrogen and oxygen atoms in total. The van der Waals surface area contributed by atoms with Gasteiger partial charge < -0.3 is 4.55 Å². The van der Waals surface area contributed by atoms with Crippen molar-refractivity contribution in [3.05, 3.63) is 38.9 Å². The Balaban J connectivity index is 0.00000225. The SMILES string of the molecule is O=[N+]([O-])c1ccc(Cl)c(CS(=O)(=O)[O-])c1.[Na+]. The summed E-state index contributed by atoms with van der Waals surface area (Å²) in [5, 5.41) is 10.4. The standard InChI is InChI=1S/C7H6ClNO5S.Na/c8-7-2-1-6(9(10)11)3-5(7)4-15(12,13)14;/h1-3H,4H2,(H,12,13,14);/q;+1/p-1. The third-order valence-corrected chi connectivity index (χ3v) is 2.61. The van der Waals surface area contributed by atoms with E-state index in [0.717, 1.165) is 12.1 Å². The zero-order chi connectivity index (χ0) is 11.6. The van der Waals surface area contributed by atoms with Crippen molar-refractivity contribution in [2.45, 2.75) is 5.75 Å². The number of nitro benzene ring substituents is 1. The van der Waals surface area contributed by atoms with Crippen molar-refractivity contribution in [2.24, 2.45) is 0 Å². The van der Waals surface area contributed by atoms with Crippen LogP contribution in [0.15, 0.2) is 18.2 Å². The number of nitro groups is 1. The van der Waals surface area contributed by atoms with Crippen LogP contribution in [0.25, 0.3) is 0 Å². The third-order valence-electron chi connectivity index (χ3n) is 1.57. The molecule has 0 aromatic heterocycles. The van der Waals surface area contributed by atoms with E-state index in [1.165, 1.54) is 6.07 Å². The molecule has 82 valence electrons. The number of rotatable bonds is 3. The molecular weight excluding hydrogens is 269 g/mol. The molecule has 0 saturated carbocycles. The Bertz CT molecular complexity index is 503. The number of non-ortho nitro benzene ring substituents is 1. The summed E-state index contributed by atoms with van der Waals surface area (Å²) in [7, 11) is -4.50. The number of nitrogens with zero attached hydrogens (tertiary/aromatic N) is 1. The van der Waals surface area contributed by atoms with E-state index in [-0.39, 0.29) is 45.8 Å². The van der Waals surface area contributed by atoms with Crippen LogP contribution in [0.1, 0.15) is 5.56 Å². The van der Waals surface area contributed by atoms with Crippen molar-refractivity contribution in [3.63, 3.8) is 0 Å². The molecule has 0 radical (unpaired) electrons. The number of halogens is 1. The van der Waals surface area contributed by atoms with E-state index >= 15 is 0 Å². The molecule has 0 heterocycles. The van der Waals surface area contributed by atoms with Crippen LogP contribution >= 0.6 is 11.6 Å². The first kappa shape index (κ1) is 15.8. The van der Waals surface area contributed by atoms with E-state index in [4.69, 9.17) is 11.6 Å². The molecular formula is C7H5ClNNaO5S. The fourth-order valence-corrected chi connectivity index (χ4v) is 1.86. The summed E-state index contributed by atoms with van der Waals surface area (Å²) < 4.78 is 31.3. The first-order valence-electron chi connectivity index (χ1n) is 3.66. The van der Waals surface area contributed by atoms with Gasteiger partial charge in [-0.1, -0.05) is 11.6 Å². The molecule has 0 aliphatic heterocycles. The van der Waals surface area contributed by atoms with Gasteiger partial charge in [-0.05, 0) is 11.6 Å². The fraction of sp³-hybridized carbons (Fsp3) is 0.143. The molecule has 0 aliphatic carbocycles. The van der Waals surface area contributed by atoms with E-state index in [1.54, 1.807) is 0 Å². The van der Waals surface area contributed by atoms with E-state index in [9.17, 15) is 23.1 Å². The average molecular weight is 274 g/mol. The molecule has 1 rings (SSSR count). The minimum atomic E-state index is -4.50. The van der Waals surface area contributed by atoms with E-state index in [2.05, 4.69) is 0 Å². The van der Waals surface area contributed by atoms with Crippen molar-refractivity contribution in [2.75, 3.05) is 0 Å². The Morgan fingerprint density at radius 1 is 1.38 bits per heavy atom. The minimum absolute atomic E-state index is 0. The number of hydrogen-bond acceptors (Lipinski definition) is 5. The zero-order valence-corrected chi connectivity index (χ0v) is 11.8. The quantitative estimate of drug-likeness (QED) is 0.283. The normalized spacial score (nSPS) is 10.6. The zero-order valence-electron chi connectivity index (χ0n) is 8.21. The van der Waals surface area contributed by atoms with E-state index < -0.39 is 20.8 Å². The molecule has 9 heteroatoms. The van der Waals surface area contributed by atoms with Gasteiger partial charge in [-0.2, -0.15) is 0 Å². The average Bonchev–Trinajstić information content (AvgIpc) is 2.06. The Labute approximate surface area is 119 Å². The molecule has 0 aliphatic rings. The van der Waals surface area contributed by atoms with Crippen LogP contribution < -0.4 is 29.6 Å². The van der Waals surface area contributed by atoms with E-state index in [0.29, 0.717) is 0 Å². The summed E-state index contributed by atoms with van der Waals surface area (Å²) in [5.41, 5.74) is -0.376. The Morgan fingerprint density at radius 3 is 2.38 bits per heavy atom. The second-order valence-corrected chi connectivity index (χ2v) is 4.55. The molecule has 0 spiro atoms. The molecule has 1 aromatic carbocycles. The van der Waals surface area contributed by atoms with Crippen molar-refractivity contribution >= 4 is 27.4 Å². The molecule has 0 saturated heterocycles. The first-order chi connectivity index (χ1) is 6.79. The fourth-order valence-electron chi connectivity index (χ4n) is 0.976. The van der Waals surface area contributed by atoms with Crippen LogP contribution in [0.3, 0.4) is 0 Å². The van der Waals surface area contributed by atoms with Gasteiger partial charge in [-0.25, -0.2) is 8.42 Å². The molecule has 0 bridgehead atoms. The van der Waals surface area contributed by atoms with Crippen molar-refractivity contribution in [1.82, 2.24) is 0 Å². The topological polar surface area (TPSA) is 100 Å². The minimum Gasteiger partial charge on any atom is -0.748 e. The molecule has 1 aromatic rings. The largest absolute Gasteiger partial charge is 1.00 e. The summed E-state index contributed by atoms with van der Waals surface area (Å²) in [6.45, 7) is 0. The van der Waals surface area contributed by atoms with Gasteiger partial charge in [0, 0.05) is 17.2 Å². The summed E-state index contributed by atoms with van der Waals surface area (Å²) in [4.78, 5) is 9.67. The van der Waals surface area contributed by atoms with Gasteiger partial charge in [0.05, 0.1) is 20.8 Å². The predicted molar refractivity (Wildman–Crippen MR) is 51.5 cm³/mol. The van der Waals surface area contributed by atoms with Gasteiger partial charge in [-0.3, -0.25) is 10.1 Å². The molecule has 0 unspecified atom stereocenters. The second-order valence-electron chi connectivity index (χ2n) is 2.73. The second kappa shape index (κ2) is 5.95. The van der Waals surface area contributed by atoms with Crippen LogP contribution in [0, 0.1) is 10.1 Å². The molecule has 0 fully saturated rings. The Hall–Kier alpha value is -0.180. The summed E-state index contributed by atoms with van der Waals surface area (Å²) in [5.74, 6) is -0.854. The van der Waals surface area contributed by atoms with Crippen LogP contribution in [0.4, 0.5) is 5.69 Å². The van der Waals surface area contributed by atoms with Crippen LogP contribution in [0.5, 0.6) is 0 Å². The van der Waals surface area contributed by atoms with Gasteiger partial charge in [0.1, 0.15) is 0 Å². The first-order valence-corrected chi connectivity index (χ1v) is 5.61. The van der Waals surface area contributed by atoms with Gasteiger partial charge in [0.15, 0.2) is 0 Å². The van der Waals surface area contributed by atoms with Crippen LogP contribution in [-0.4, -0.2) is 17.9 Å². The number of benzene rings is 1. The van der Waals surface area contributed by atoms with Gasteiger partial charge in [0.25, 0.3) is 5.69 Å². The van der Waals surface area contributed by atoms with Gasteiger partial charge in [0.2, 0.25) is 0 Å². The maximum absolute atomic E-state index is 10.4.